The summed E-state index contributed by atoms with van der Waals surface area (Å²) < 4.78 is 10.9. The lowest BCUT2D eigenvalue weighted by Crippen LogP contribution is -2.43. The highest BCUT2D eigenvalue weighted by Crippen LogP contribution is 2.33. The molecule has 0 saturated carbocycles. The van der Waals surface area contributed by atoms with Crippen molar-refractivity contribution in [1.82, 2.24) is 10.2 Å². The minimum absolute atomic E-state index is 0.210. The standard InChI is InChI=1S/C23H28N2O4/c1-23(2,3)29-21(26)24-19-14-15-25(20(19)18-12-8-5-9-13-18)22(27)28-16-17-10-6-4-7-11-17/h4-13,19-20H,14-16H2,1-3H3,(H,24,26)/t19-,20+/m1/s1. The van der Waals surface area contributed by atoms with Crippen molar-refractivity contribution in [1.29, 1.82) is 0 Å². The van der Waals surface area contributed by atoms with E-state index < -0.39 is 17.8 Å². The minimum Gasteiger partial charge on any atom is -0.445 e. The SMILES string of the molecule is CC(C)(C)OC(=O)N[C@@H]1CCN(C(=O)OCc2ccccc2)[C@H]1c1ccccc1. The van der Waals surface area contributed by atoms with Gasteiger partial charge >= 0.3 is 12.2 Å². The summed E-state index contributed by atoms with van der Waals surface area (Å²) in [6.45, 7) is 6.17. The summed E-state index contributed by atoms with van der Waals surface area (Å²) in [7, 11) is 0. The number of benzene rings is 2. The number of hydrogen-bond acceptors (Lipinski definition) is 4. The molecule has 1 saturated heterocycles. The van der Waals surface area contributed by atoms with E-state index in [0.717, 1.165) is 11.1 Å². The van der Waals surface area contributed by atoms with Crippen LogP contribution in [0.1, 0.15) is 44.4 Å². The second kappa shape index (κ2) is 8.99. The van der Waals surface area contributed by atoms with E-state index in [1.165, 1.54) is 0 Å². The first-order valence-electron chi connectivity index (χ1n) is 9.85. The Morgan fingerprint density at radius 2 is 1.66 bits per heavy atom. The van der Waals surface area contributed by atoms with Gasteiger partial charge in [-0.15, -0.1) is 0 Å². The highest BCUT2D eigenvalue weighted by atomic mass is 16.6. The van der Waals surface area contributed by atoms with Crippen molar-refractivity contribution in [2.24, 2.45) is 0 Å². The van der Waals surface area contributed by atoms with Gasteiger partial charge in [-0.05, 0) is 38.3 Å². The molecule has 2 aromatic carbocycles. The average molecular weight is 396 g/mol. The van der Waals surface area contributed by atoms with Crippen LogP contribution in [0.4, 0.5) is 9.59 Å². The van der Waals surface area contributed by atoms with Gasteiger partial charge in [-0.1, -0.05) is 60.7 Å². The highest BCUT2D eigenvalue weighted by molar-refractivity contribution is 5.71. The number of hydrogen-bond donors (Lipinski definition) is 1. The van der Waals surface area contributed by atoms with Gasteiger partial charge in [0.05, 0.1) is 12.1 Å². The van der Waals surface area contributed by atoms with Gasteiger partial charge in [-0.2, -0.15) is 0 Å². The summed E-state index contributed by atoms with van der Waals surface area (Å²) in [5.41, 5.74) is 1.29. The topological polar surface area (TPSA) is 67.9 Å². The fourth-order valence-corrected chi connectivity index (χ4v) is 3.47. The van der Waals surface area contributed by atoms with Crippen LogP contribution in [-0.2, 0) is 16.1 Å². The maximum Gasteiger partial charge on any atom is 0.410 e. The molecule has 1 heterocycles. The third-order valence-electron chi connectivity index (χ3n) is 4.68. The highest BCUT2D eigenvalue weighted by Gasteiger charge is 2.40. The number of alkyl carbamates (subject to hydrolysis) is 1. The first-order valence-corrected chi connectivity index (χ1v) is 9.85. The molecule has 1 N–H and O–H groups in total. The summed E-state index contributed by atoms with van der Waals surface area (Å²) in [6, 6.07) is 18.7. The Balaban J connectivity index is 1.72. The maximum atomic E-state index is 12.8. The number of amides is 2. The zero-order valence-corrected chi connectivity index (χ0v) is 17.1. The van der Waals surface area contributed by atoms with E-state index >= 15 is 0 Å². The van der Waals surface area contributed by atoms with Crippen LogP contribution in [0.2, 0.25) is 0 Å². The molecule has 0 bridgehead atoms. The van der Waals surface area contributed by atoms with Gasteiger partial charge in [0.1, 0.15) is 12.2 Å². The van der Waals surface area contributed by atoms with Crippen molar-refractivity contribution in [2.45, 2.75) is 51.5 Å². The van der Waals surface area contributed by atoms with Crippen molar-refractivity contribution in [3.8, 4) is 0 Å². The Kier molecular flexibility index (Phi) is 6.42. The van der Waals surface area contributed by atoms with Crippen LogP contribution in [0.25, 0.3) is 0 Å². The summed E-state index contributed by atoms with van der Waals surface area (Å²) in [4.78, 5) is 26.8. The Morgan fingerprint density at radius 3 is 2.28 bits per heavy atom. The molecule has 6 nitrogen and oxygen atoms in total. The number of rotatable bonds is 4. The van der Waals surface area contributed by atoms with Crippen LogP contribution in [0.3, 0.4) is 0 Å². The van der Waals surface area contributed by atoms with E-state index in [4.69, 9.17) is 9.47 Å². The van der Waals surface area contributed by atoms with Crippen molar-refractivity contribution in [3.63, 3.8) is 0 Å². The van der Waals surface area contributed by atoms with Gasteiger partial charge in [0.25, 0.3) is 0 Å². The van der Waals surface area contributed by atoms with Crippen LogP contribution < -0.4 is 5.32 Å². The van der Waals surface area contributed by atoms with Gasteiger partial charge in [-0.25, -0.2) is 9.59 Å². The minimum atomic E-state index is -0.584. The smallest absolute Gasteiger partial charge is 0.410 e. The number of nitrogens with zero attached hydrogens (tertiary/aromatic N) is 1. The van der Waals surface area contributed by atoms with Gasteiger partial charge in [-0.3, -0.25) is 4.90 Å². The van der Waals surface area contributed by atoms with Crippen LogP contribution >= 0.6 is 0 Å². The molecule has 2 amide bonds. The number of ether oxygens (including phenoxy) is 2. The van der Waals surface area contributed by atoms with E-state index in [0.29, 0.717) is 13.0 Å². The summed E-state index contributed by atoms with van der Waals surface area (Å²) in [6.07, 6.45) is -0.252. The quantitative estimate of drug-likeness (QED) is 0.816. The van der Waals surface area contributed by atoms with Crippen molar-refractivity contribution >= 4 is 12.2 Å². The monoisotopic (exact) mass is 396 g/mol. The van der Waals surface area contributed by atoms with Crippen LogP contribution in [0, 0.1) is 0 Å². The average Bonchev–Trinajstić information content (AvgIpc) is 3.09. The molecule has 2 aromatic rings. The van der Waals surface area contributed by atoms with Crippen LogP contribution in [0.15, 0.2) is 60.7 Å². The van der Waals surface area contributed by atoms with Crippen LogP contribution in [-0.4, -0.2) is 35.3 Å². The van der Waals surface area contributed by atoms with E-state index in [1.54, 1.807) is 4.90 Å². The Labute approximate surface area is 171 Å². The molecule has 1 aliphatic heterocycles. The fraction of sp³-hybridized carbons (Fsp3) is 0.391. The zero-order valence-electron chi connectivity index (χ0n) is 17.1. The van der Waals surface area contributed by atoms with E-state index in [1.807, 2.05) is 81.4 Å². The molecule has 0 aliphatic carbocycles. The molecule has 0 radical (unpaired) electrons. The molecule has 154 valence electrons. The Morgan fingerprint density at radius 1 is 1.03 bits per heavy atom. The van der Waals surface area contributed by atoms with Gasteiger partial charge < -0.3 is 14.8 Å². The fourth-order valence-electron chi connectivity index (χ4n) is 3.47. The van der Waals surface area contributed by atoms with E-state index in [9.17, 15) is 9.59 Å². The third kappa shape index (κ3) is 5.73. The number of carbonyl (C=O) groups is 2. The molecule has 0 aromatic heterocycles. The molecular weight excluding hydrogens is 368 g/mol. The number of carbonyl (C=O) groups excluding carboxylic acids is 2. The lowest BCUT2D eigenvalue weighted by molar-refractivity contribution is 0.0482. The molecule has 0 spiro atoms. The Bertz CT molecular complexity index is 818. The third-order valence-corrected chi connectivity index (χ3v) is 4.68. The molecule has 1 aliphatic rings. The molecule has 29 heavy (non-hydrogen) atoms. The largest absolute Gasteiger partial charge is 0.445 e. The van der Waals surface area contributed by atoms with Gasteiger partial charge in [0.15, 0.2) is 0 Å². The molecule has 0 unspecified atom stereocenters. The predicted octanol–water partition coefficient (Wildman–Crippen LogP) is 4.66. The van der Waals surface area contributed by atoms with Crippen LogP contribution in [0.5, 0.6) is 0 Å². The summed E-state index contributed by atoms with van der Waals surface area (Å²) >= 11 is 0. The van der Waals surface area contributed by atoms with Gasteiger partial charge in [0.2, 0.25) is 0 Å². The lowest BCUT2D eigenvalue weighted by atomic mass is 10.0. The molecule has 1 fully saturated rings. The van der Waals surface area contributed by atoms with Crippen molar-refractivity contribution in [2.75, 3.05) is 6.54 Å². The normalized spacial score (nSPS) is 18.9. The predicted molar refractivity (Wildman–Crippen MR) is 110 cm³/mol. The molecule has 6 heteroatoms. The van der Waals surface area contributed by atoms with E-state index in [-0.39, 0.29) is 18.7 Å². The Hall–Kier alpha value is -3.02. The number of likely N-dealkylation sites (tertiary alicyclic amines) is 1. The summed E-state index contributed by atoms with van der Waals surface area (Å²) in [5, 5.41) is 2.93. The summed E-state index contributed by atoms with van der Waals surface area (Å²) in [5.74, 6) is 0. The molecular formula is C23H28N2O4. The molecule has 3 rings (SSSR count). The second-order valence-corrected chi connectivity index (χ2v) is 8.13. The number of nitrogens with one attached hydrogen (secondary N) is 1. The zero-order chi connectivity index (χ0) is 20.9. The maximum absolute atomic E-state index is 12.8. The van der Waals surface area contributed by atoms with E-state index in [2.05, 4.69) is 5.32 Å². The van der Waals surface area contributed by atoms with Crippen molar-refractivity contribution < 1.29 is 19.1 Å². The van der Waals surface area contributed by atoms with Gasteiger partial charge in [0, 0.05) is 6.54 Å². The lowest BCUT2D eigenvalue weighted by Gasteiger charge is -2.29. The van der Waals surface area contributed by atoms with Crippen molar-refractivity contribution in [3.05, 3.63) is 71.8 Å². The second-order valence-electron chi connectivity index (χ2n) is 8.13. The molecule has 2 atom stereocenters. The first-order chi connectivity index (χ1) is 13.8. The first kappa shape index (κ1) is 20.7.